The third-order valence-electron chi connectivity index (χ3n) is 2.39. The maximum Gasteiger partial charge on any atom is 0.153 e. The van der Waals surface area contributed by atoms with Crippen LogP contribution in [0.3, 0.4) is 0 Å². The van der Waals surface area contributed by atoms with E-state index in [4.69, 9.17) is 16.3 Å². The molecule has 0 bridgehead atoms. The number of hydrogen-bond donors (Lipinski definition) is 0. The van der Waals surface area contributed by atoms with Crippen molar-refractivity contribution in [2.45, 2.75) is 6.61 Å². The van der Waals surface area contributed by atoms with Gasteiger partial charge in [0.15, 0.2) is 6.29 Å². The molecule has 0 saturated heterocycles. The molecule has 0 amide bonds. The van der Waals surface area contributed by atoms with Crippen molar-refractivity contribution in [2.24, 2.45) is 0 Å². The first-order chi connectivity index (χ1) is 8.69. The Bertz CT molecular complexity index is 569. The van der Waals surface area contributed by atoms with E-state index in [9.17, 15) is 9.18 Å². The molecule has 2 rings (SSSR count). The molecule has 0 spiro atoms. The van der Waals surface area contributed by atoms with Crippen LogP contribution >= 0.6 is 11.6 Å². The summed E-state index contributed by atoms with van der Waals surface area (Å²) in [6.07, 6.45) is 0.632. The fourth-order valence-corrected chi connectivity index (χ4v) is 1.73. The molecule has 0 unspecified atom stereocenters. The van der Waals surface area contributed by atoms with Gasteiger partial charge in [0.25, 0.3) is 0 Å². The third kappa shape index (κ3) is 3.08. The number of ether oxygens (including phenoxy) is 1. The Morgan fingerprint density at radius 1 is 1.22 bits per heavy atom. The first-order valence-electron chi connectivity index (χ1n) is 5.31. The Morgan fingerprint density at radius 2 is 2.06 bits per heavy atom. The lowest BCUT2D eigenvalue weighted by molar-refractivity contribution is 0.111. The molecule has 0 radical (unpaired) electrons. The minimum absolute atomic E-state index is 0.227. The van der Waals surface area contributed by atoms with Crippen molar-refractivity contribution in [2.75, 3.05) is 0 Å². The maximum atomic E-state index is 13.1. The summed E-state index contributed by atoms with van der Waals surface area (Å²) in [5.41, 5.74) is 1.17. The van der Waals surface area contributed by atoms with Crippen LogP contribution in [0.2, 0.25) is 5.02 Å². The molecule has 0 fully saturated rings. The highest BCUT2D eigenvalue weighted by Crippen LogP contribution is 2.20. The largest absolute Gasteiger partial charge is 0.488 e. The van der Waals surface area contributed by atoms with E-state index in [1.54, 1.807) is 18.2 Å². The zero-order valence-corrected chi connectivity index (χ0v) is 10.2. The SMILES string of the molecule is O=Cc1ccc(F)cc1OCc1cccc(Cl)c1. The van der Waals surface area contributed by atoms with Crippen LogP contribution in [0.15, 0.2) is 42.5 Å². The molecule has 0 saturated carbocycles. The number of carbonyl (C=O) groups is 1. The zero-order valence-electron chi connectivity index (χ0n) is 9.40. The molecule has 0 N–H and O–H groups in total. The van der Waals surface area contributed by atoms with Gasteiger partial charge in [-0.3, -0.25) is 4.79 Å². The van der Waals surface area contributed by atoms with Gasteiger partial charge in [-0.2, -0.15) is 0 Å². The summed E-state index contributed by atoms with van der Waals surface area (Å²) in [5.74, 6) is -0.216. The number of carbonyl (C=O) groups excluding carboxylic acids is 1. The van der Waals surface area contributed by atoms with Gasteiger partial charge in [-0.05, 0) is 29.8 Å². The van der Waals surface area contributed by atoms with Crippen LogP contribution in [0.1, 0.15) is 15.9 Å². The molecule has 92 valence electrons. The predicted molar refractivity (Wildman–Crippen MR) is 67.6 cm³/mol. The van der Waals surface area contributed by atoms with E-state index in [0.717, 1.165) is 5.56 Å². The average molecular weight is 265 g/mol. The lowest BCUT2D eigenvalue weighted by atomic mass is 10.2. The molecule has 2 nitrogen and oxygen atoms in total. The van der Waals surface area contributed by atoms with E-state index >= 15 is 0 Å². The smallest absolute Gasteiger partial charge is 0.153 e. The highest BCUT2D eigenvalue weighted by Gasteiger charge is 2.05. The second kappa shape index (κ2) is 5.65. The Hall–Kier alpha value is -1.87. The maximum absolute atomic E-state index is 13.1. The van der Waals surface area contributed by atoms with E-state index < -0.39 is 5.82 Å². The molecule has 0 aliphatic rings. The number of aldehydes is 1. The fraction of sp³-hybridized carbons (Fsp3) is 0.0714. The van der Waals surface area contributed by atoms with Crippen molar-refractivity contribution in [3.05, 3.63) is 64.4 Å². The zero-order chi connectivity index (χ0) is 13.0. The molecular formula is C14H10ClFO2. The van der Waals surface area contributed by atoms with E-state index in [1.807, 2.05) is 6.07 Å². The summed E-state index contributed by atoms with van der Waals surface area (Å²) in [5, 5.41) is 0.603. The van der Waals surface area contributed by atoms with E-state index in [1.165, 1.54) is 18.2 Å². The van der Waals surface area contributed by atoms with Gasteiger partial charge in [0.2, 0.25) is 0 Å². The summed E-state index contributed by atoms with van der Waals surface area (Å²) in [4.78, 5) is 10.8. The first-order valence-corrected chi connectivity index (χ1v) is 5.69. The Morgan fingerprint density at radius 3 is 2.78 bits per heavy atom. The minimum Gasteiger partial charge on any atom is -0.488 e. The fourth-order valence-electron chi connectivity index (χ4n) is 1.52. The summed E-state index contributed by atoms with van der Waals surface area (Å²) in [7, 11) is 0. The Labute approximate surface area is 109 Å². The minimum atomic E-state index is -0.443. The normalized spacial score (nSPS) is 10.1. The van der Waals surface area contributed by atoms with Gasteiger partial charge in [0.1, 0.15) is 18.2 Å². The highest BCUT2D eigenvalue weighted by atomic mass is 35.5. The number of benzene rings is 2. The summed E-state index contributed by atoms with van der Waals surface area (Å²) in [6.45, 7) is 0.227. The van der Waals surface area contributed by atoms with Crippen LogP contribution in [-0.2, 0) is 6.61 Å². The van der Waals surface area contributed by atoms with Gasteiger partial charge < -0.3 is 4.74 Å². The monoisotopic (exact) mass is 264 g/mol. The van der Waals surface area contributed by atoms with Crippen molar-refractivity contribution in [3.8, 4) is 5.75 Å². The molecule has 0 atom stereocenters. The second-order valence-corrected chi connectivity index (χ2v) is 4.16. The summed E-state index contributed by atoms with van der Waals surface area (Å²) < 4.78 is 18.5. The molecule has 4 heteroatoms. The Kier molecular flexibility index (Phi) is 3.95. The quantitative estimate of drug-likeness (QED) is 0.784. The van der Waals surface area contributed by atoms with Crippen LogP contribution in [0, 0.1) is 5.82 Å². The number of hydrogen-bond acceptors (Lipinski definition) is 2. The Balaban J connectivity index is 2.15. The summed E-state index contributed by atoms with van der Waals surface area (Å²) >= 11 is 5.84. The van der Waals surface area contributed by atoms with Gasteiger partial charge in [0, 0.05) is 11.1 Å². The van der Waals surface area contributed by atoms with Crippen LogP contribution < -0.4 is 4.74 Å². The lowest BCUT2D eigenvalue weighted by Crippen LogP contribution is -1.98. The number of rotatable bonds is 4. The lowest BCUT2D eigenvalue weighted by Gasteiger charge is -2.08. The van der Waals surface area contributed by atoms with Crippen LogP contribution in [-0.4, -0.2) is 6.29 Å². The van der Waals surface area contributed by atoms with Gasteiger partial charge in [-0.15, -0.1) is 0 Å². The van der Waals surface area contributed by atoms with Crippen molar-refractivity contribution in [1.82, 2.24) is 0 Å². The van der Waals surface area contributed by atoms with Crippen molar-refractivity contribution < 1.29 is 13.9 Å². The van der Waals surface area contributed by atoms with E-state index in [2.05, 4.69) is 0 Å². The van der Waals surface area contributed by atoms with Gasteiger partial charge >= 0.3 is 0 Å². The summed E-state index contributed by atoms with van der Waals surface area (Å²) in [6, 6.07) is 10.9. The molecule has 0 aliphatic heterocycles. The van der Waals surface area contributed by atoms with Crippen molar-refractivity contribution in [3.63, 3.8) is 0 Å². The van der Waals surface area contributed by atoms with Gasteiger partial charge in [-0.1, -0.05) is 23.7 Å². The molecule has 0 heterocycles. The molecule has 0 aromatic heterocycles. The van der Waals surface area contributed by atoms with Crippen molar-refractivity contribution >= 4 is 17.9 Å². The average Bonchev–Trinajstić information content (AvgIpc) is 2.37. The molecule has 0 aliphatic carbocycles. The van der Waals surface area contributed by atoms with E-state index in [0.29, 0.717) is 16.9 Å². The van der Waals surface area contributed by atoms with E-state index in [-0.39, 0.29) is 12.4 Å². The molecular weight excluding hydrogens is 255 g/mol. The third-order valence-corrected chi connectivity index (χ3v) is 2.62. The highest BCUT2D eigenvalue weighted by molar-refractivity contribution is 6.30. The topological polar surface area (TPSA) is 26.3 Å². The first kappa shape index (κ1) is 12.6. The van der Waals surface area contributed by atoms with Crippen LogP contribution in [0.5, 0.6) is 5.75 Å². The second-order valence-electron chi connectivity index (χ2n) is 3.72. The standard InChI is InChI=1S/C14H10ClFO2/c15-12-3-1-2-10(6-12)9-18-14-7-13(16)5-4-11(14)8-17/h1-8H,9H2. The molecule has 2 aromatic rings. The van der Waals surface area contributed by atoms with Gasteiger partial charge in [-0.25, -0.2) is 4.39 Å². The van der Waals surface area contributed by atoms with Crippen LogP contribution in [0.4, 0.5) is 4.39 Å². The molecule has 18 heavy (non-hydrogen) atoms. The van der Waals surface area contributed by atoms with Gasteiger partial charge in [0.05, 0.1) is 5.56 Å². The van der Waals surface area contributed by atoms with Crippen LogP contribution in [0.25, 0.3) is 0 Å². The van der Waals surface area contributed by atoms with Crippen molar-refractivity contribution in [1.29, 1.82) is 0 Å². The predicted octanol–water partition coefficient (Wildman–Crippen LogP) is 3.87. The molecule has 2 aromatic carbocycles. The number of halogens is 2.